The Balaban J connectivity index is 1.35. The monoisotopic (exact) mass is 1370 g/mol. The number of nitrogens with one attached hydrogen (secondary N) is 2. The molecule has 0 saturated heterocycles. The summed E-state index contributed by atoms with van der Waals surface area (Å²) in [6.45, 7) is 35.0. The van der Waals surface area contributed by atoms with Gasteiger partial charge in [0.1, 0.15) is 34.4 Å². The van der Waals surface area contributed by atoms with Gasteiger partial charge in [-0.15, -0.1) is 10.2 Å². The van der Waals surface area contributed by atoms with Crippen molar-refractivity contribution in [1.29, 1.82) is 0 Å². The summed E-state index contributed by atoms with van der Waals surface area (Å²) in [5.41, 5.74) is 5.61. The van der Waals surface area contributed by atoms with E-state index < -0.39 is 11.9 Å². The van der Waals surface area contributed by atoms with E-state index in [4.69, 9.17) is 29.2 Å². The minimum atomic E-state index is -0.589. The molecule has 0 saturated carbocycles. The number of rotatable bonds is 50. The molecule has 6 unspecified atom stereocenters. The van der Waals surface area contributed by atoms with E-state index >= 15 is 0 Å². The molecule has 5 rings (SSSR count). The topological polar surface area (TPSA) is 185 Å². The molecule has 0 aromatic heterocycles. The number of benzene rings is 5. The van der Waals surface area contributed by atoms with Gasteiger partial charge in [-0.2, -0.15) is 10.2 Å². The number of azo groups is 2. The SMILES string of the molecule is CCCCC(CC)CN(CC(CC)CCCC)c1cc(NC(=O)C(CC)CCCC)c(N=Nc2ccc(C(=O)Oc3ccc(OC(=O)c4ccc(N=Nc5cc(OCC)c(N(CC(CC)CCCC)CC(CC)CCCC)cc5NC(=O)C(CC)CCCC)cc4)cc3)cc2)cc1OCC. The first-order valence-corrected chi connectivity index (χ1v) is 38.9. The molecule has 16 heteroatoms. The van der Waals surface area contributed by atoms with Crippen LogP contribution in [-0.4, -0.2) is 63.1 Å². The van der Waals surface area contributed by atoms with Gasteiger partial charge in [0.2, 0.25) is 11.8 Å². The summed E-state index contributed by atoms with van der Waals surface area (Å²) in [7, 11) is 0. The number of esters is 2. The van der Waals surface area contributed by atoms with Crippen molar-refractivity contribution in [2.24, 2.45) is 56.0 Å². The molecular formula is C84H126N8O8. The molecule has 0 aliphatic carbocycles. The third-order valence-electron chi connectivity index (χ3n) is 19.6. The number of anilines is 4. The van der Waals surface area contributed by atoms with Gasteiger partial charge in [-0.3, -0.25) is 9.59 Å². The lowest BCUT2D eigenvalue weighted by molar-refractivity contribution is -0.121. The molecule has 2 amide bonds. The van der Waals surface area contributed by atoms with Crippen molar-refractivity contribution in [2.75, 3.05) is 59.8 Å². The van der Waals surface area contributed by atoms with E-state index in [9.17, 15) is 19.2 Å². The lowest BCUT2D eigenvalue weighted by Crippen LogP contribution is -2.34. The van der Waals surface area contributed by atoms with Gasteiger partial charge in [-0.25, -0.2) is 9.59 Å². The van der Waals surface area contributed by atoms with E-state index in [2.05, 4.69) is 126 Å². The molecule has 550 valence electrons. The molecule has 2 N–H and O–H groups in total. The molecule has 5 aromatic rings. The number of hydrogen-bond acceptors (Lipinski definition) is 14. The second kappa shape index (κ2) is 46.7. The van der Waals surface area contributed by atoms with Crippen LogP contribution >= 0.6 is 0 Å². The smallest absolute Gasteiger partial charge is 0.343 e. The Morgan fingerprint density at radius 3 is 0.940 bits per heavy atom. The molecule has 0 heterocycles. The van der Waals surface area contributed by atoms with Crippen LogP contribution in [0.3, 0.4) is 0 Å². The van der Waals surface area contributed by atoms with Gasteiger partial charge < -0.3 is 39.4 Å². The number of unbranched alkanes of at least 4 members (excludes halogenated alkanes) is 6. The van der Waals surface area contributed by atoms with Crippen LogP contribution in [0.15, 0.2) is 118 Å². The lowest BCUT2D eigenvalue weighted by Gasteiger charge is -2.34. The van der Waals surface area contributed by atoms with E-state index in [0.717, 1.165) is 166 Å². The van der Waals surface area contributed by atoms with Crippen LogP contribution in [0, 0.1) is 35.5 Å². The average Bonchev–Trinajstić information content (AvgIpc) is 0.807. The number of ether oxygens (including phenoxy) is 4. The molecule has 6 atom stereocenters. The van der Waals surface area contributed by atoms with E-state index in [1.54, 1.807) is 72.8 Å². The zero-order valence-electron chi connectivity index (χ0n) is 63.9. The molecule has 16 nitrogen and oxygen atoms in total. The molecular weight excluding hydrogens is 1250 g/mol. The molecule has 0 bridgehead atoms. The number of hydrogen-bond donors (Lipinski definition) is 2. The number of nitrogens with zero attached hydrogens (tertiary/aromatic N) is 6. The van der Waals surface area contributed by atoms with Crippen molar-refractivity contribution in [3.63, 3.8) is 0 Å². The number of carbonyl (C=O) groups is 4. The van der Waals surface area contributed by atoms with Gasteiger partial charge in [-0.1, -0.05) is 186 Å². The van der Waals surface area contributed by atoms with Crippen LogP contribution < -0.4 is 39.4 Å². The van der Waals surface area contributed by atoms with Crippen molar-refractivity contribution in [1.82, 2.24) is 0 Å². The fraction of sp³-hybridized carbons (Fsp3) is 0.595. The normalized spacial score (nSPS) is 13.3. The predicted molar refractivity (Wildman–Crippen MR) is 414 cm³/mol. The summed E-state index contributed by atoms with van der Waals surface area (Å²) < 4.78 is 24.4. The maximum atomic E-state index is 14.1. The summed E-state index contributed by atoms with van der Waals surface area (Å²) in [6, 6.07) is 27.5. The Morgan fingerprint density at radius 1 is 0.370 bits per heavy atom. The van der Waals surface area contributed by atoms with Crippen molar-refractivity contribution < 1.29 is 38.1 Å². The van der Waals surface area contributed by atoms with Gasteiger partial charge in [-0.05, 0) is 174 Å². The van der Waals surface area contributed by atoms with E-state index in [1.165, 1.54) is 25.7 Å². The van der Waals surface area contributed by atoms with Gasteiger partial charge >= 0.3 is 11.9 Å². The highest BCUT2D eigenvalue weighted by molar-refractivity contribution is 5.98. The van der Waals surface area contributed by atoms with Crippen LogP contribution in [-0.2, 0) is 9.59 Å². The Labute approximate surface area is 602 Å². The largest absolute Gasteiger partial charge is 0.492 e. The first kappa shape index (κ1) is 83.0. The quantitative estimate of drug-likeness (QED) is 0.0216. The van der Waals surface area contributed by atoms with Crippen LogP contribution in [0.1, 0.15) is 272 Å². The molecule has 5 aromatic carbocycles. The minimum Gasteiger partial charge on any atom is -0.492 e. The minimum absolute atomic E-state index is 0.0338. The highest BCUT2D eigenvalue weighted by Gasteiger charge is 2.28. The van der Waals surface area contributed by atoms with Crippen molar-refractivity contribution in [3.8, 4) is 23.0 Å². The predicted octanol–water partition coefficient (Wildman–Crippen LogP) is 24.5. The molecule has 0 spiro atoms. The van der Waals surface area contributed by atoms with E-state index in [-0.39, 0.29) is 35.1 Å². The summed E-state index contributed by atoms with van der Waals surface area (Å²) in [4.78, 5) is 60.3. The zero-order chi connectivity index (χ0) is 72.6. The van der Waals surface area contributed by atoms with E-state index in [1.807, 2.05) is 26.0 Å². The van der Waals surface area contributed by atoms with Crippen LogP contribution in [0.25, 0.3) is 0 Å². The highest BCUT2D eigenvalue weighted by atomic mass is 16.5. The number of amides is 2. The Morgan fingerprint density at radius 2 is 0.670 bits per heavy atom. The van der Waals surface area contributed by atoms with Gasteiger partial charge in [0.25, 0.3) is 0 Å². The van der Waals surface area contributed by atoms with Crippen LogP contribution in [0.4, 0.5) is 45.5 Å². The van der Waals surface area contributed by atoms with Gasteiger partial charge in [0, 0.05) is 50.1 Å². The first-order valence-electron chi connectivity index (χ1n) is 38.9. The Bertz CT molecular complexity index is 2990. The average molecular weight is 1380 g/mol. The summed E-state index contributed by atoms with van der Waals surface area (Å²) in [6.07, 6.45) is 25.2. The number of carbonyl (C=O) groups excluding carboxylic acids is 4. The standard InChI is InChI=1S/C84H126N8O8/c1-15-29-35-61(21-7)57-91(58-62(22-8)36-30-16-2)77-53-73(85-81(93)65(25-11)39-33-19-5)75(55-79(77)97-27-13)89-87-69-45-41-67(42-46-69)83(95)99-71-49-51-72(52-50-71)100-84(96)68-43-47-70(48-44-68)88-90-76-56-80(98-28-14)78(54-74(76)86-82(94)66(26-12)40-34-20-6)92(59-63(23-9)37-31-17-3)60-64(24-10)38-32-18-4/h41-56,61-66H,15-40,57-60H2,1-14H3,(H,85,93)(H,86,94). The zero-order valence-corrected chi connectivity index (χ0v) is 63.9. The first-order chi connectivity index (χ1) is 48.6. The maximum Gasteiger partial charge on any atom is 0.343 e. The van der Waals surface area contributed by atoms with Gasteiger partial charge in [0.05, 0.1) is 58.5 Å². The second-order valence-corrected chi connectivity index (χ2v) is 27.2. The van der Waals surface area contributed by atoms with Crippen molar-refractivity contribution in [3.05, 3.63) is 108 Å². The molecule has 0 radical (unpaired) electrons. The second-order valence-electron chi connectivity index (χ2n) is 27.2. The van der Waals surface area contributed by atoms with Crippen molar-refractivity contribution >= 4 is 69.3 Å². The van der Waals surface area contributed by atoms with Crippen LogP contribution in [0.2, 0.25) is 0 Å². The molecule has 0 aliphatic rings. The van der Waals surface area contributed by atoms with E-state index in [0.29, 0.717) is 93.6 Å². The van der Waals surface area contributed by atoms with Gasteiger partial charge in [0.15, 0.2) is 0 Å². The fourth-order valence-corrected chi connectivity index (χ4v) is 12.8. The Hall–Kier alpha value is -7.62. The molecule has 100 heavy (non-hydrogen) atoms. The fourth-order valence-electron chi connectivity index (χ4n) is 12.8. The summed E-state index contributed by atoms with van der Waals surface area (Å²) in [5.74, 6) is 2.40. The third kappa shape index (κ3) is 27.4. The molecule has 0 fully saturated rings. The molecule has 0 aliphatic heterocycles. The lowest BCUT2D eigenvalue weighted by atomic mass is 9.95. The van der Waals surface area contributed by atoms with Crippen LogP contribution in [0.5, 0.6) is 23.0 Å². The third-order valence-corrected chi connectivity index (χ3v) is 19.6. The summed E-state index contributed by atoms with van der Waals surface area (Å²) >= 11 is 0. The maximum absolute atomic E-state index is 14.1. The summed E-state index contributed by atoms with van der Waals surface area (Å²) in [5, 5.41) is 25.4. The Kier molecular flexibility index (Phi) is 38.8. The van der Waals surface area contributed by atoms with Crippen molar-refractivity contribution in [2.45, 2.75) is 251 Å². The highest BCUT2D eigenvalue weighted by Crippen LogP contribution is 2.44.